The Bertz CT molecular complexity index is 1070. The summed E-state index contributed by atoms with van der Waals surface area (Å²) in [7, 11) is 4.57. The van der Waals surface area contributed by atoms with Crippen LogP contribution in [0.1, 0.15) is 5.89 Å². The van der Waals surface area contributed by atoms with Crippen molar-refractivity contribution in [2.45, 2.75) is 6.54 Å². The first-order valence-corrected chi connectivity index (χ1v) is 9.27. The molecule has 0 saturated carbocycles. The molecule has 9 nitrogen and oxygen atoms in total. The van der Waals surface area contributed by atoms with Crippen LogP contribution in [0.5, 0.6) is 23.0 Å². The van der Waals surface area contributed by atoms with Crippen molar-refractivity contribution in [1.82, 2.24) is 10.1 Å². The van der Waals surface area contributed by atoms with Gasteiger partial charge in [-0.15, -0.1) is 0 Å². The summed E-state index contributed by atoms with van der Waals surface area (Å²) in [5.41, 5.74) is 1.20. The SMILES string of the molecule is COc1cc(-c2noc(CN3C(=O)COc4cc(Cl)ccc43)n2)cc(OC)c1OC. The Kier molecular flexibility index (Phi) is 5.37. The van der Waals surface area contributed by atoms with E-state index in [1.165, 1.54) is 26.2 Å². The van der Waals surface area contributed by atoms with E-state index < -0.39 is 0 Å². The number of methoxy groups -OCH3 is 3. The van der Waals surface area contributed by atoms with Crippen molar-refractivity contribution in [3.05, 3.63) is 41.2 Å². The second-order valence-corrected chi connectivity index (χ2v) is 6.74. The van der Waals surface area contributed by atoms with Gasteiger partial charge in [0.1, 0.15) is 12.3 Å². The number of nitrogens with zero attached hydrogens (tertiary/aromatic N) is 3. The summed E-state index contributed by atoms with van der Waals surface area (Å²) in [4.78, 5) is 18.3. The van der Waals surface area contributed by atoms with Crippen molar-refractivity contribution in [3.63, 3.8) is 0 Å². The Hall–Kier alpha value is -3.46. The molecule has 1 aromatic heterocycles. The fraction of sp³-hybridized carbons (Fsp3) is 0.250. The number of hydrogen-bond acceptors (Lipinski definition) is 8. The van der Waals surface area contributed by atoms with Crippen LogP contribution in [0.3, 0.4) is 0 Å². The van der Waals surface area contributed by atoms with Gasteiger partial charge >= 0.3 is 0 Å². The molecular formula is C20H18ClN3O6. The topological polar surface area (TPSA) is 96.2 Å². The number of anilines is 1. The average Bonchev–Trinajstić information content (AvgIpc) is 3.23. The predicted octanol–water partition coefficient (Wildman–Crippen LogP) is 3.34. The van der Waals surface area contributed by atoms with Crippen molar-refractivity contribution in [2.75, 3.05) is 32.8 Å². The largest absolute Gasteiger partial charge is 0.493 e. The predicted molar refractivity (Wildman–Crippen MR) is 108 cm³/mol. The number of fused-ring (bicyclic) bond motifs is 1. The van der Waals surface area contributed by atoms with E-state index >= 15 is 0 Å². The van der Waals surface area contributed by atoms with E-state index in [2.05, 4.69) is 10.1 Å². The minimum atomic E-state index is -0.225. The zero-order valence-electron chi connectivity index (χ0n) is 16.5. The zero-order valence-corrected chi connectivity index (χ0v) is 17.2. The minimum absolute atomic E-state index is 0.0915. The minimum Gasteiger partial charge on any atom is -0.493 e. The second kappa shape index (κ2) is 8.11. The molecule has 0 radical (unpaired) electrons. The van der Waals surface area contributed by atoms with Gasteiger partial charge in [0.15, 0.2) is 18.1 Å². The Morgan fingerprint density at radius 3 is 2.50 bits per heavy atom. The van der Waals surface area contributed by atoms with Gasteiger partial charge < -0.3 is 23.5 Å². The van der Waals surface area contributed by atoms with Gasteiger partial charge in [0, 0.05) is 16.7 Å². The summed E-state index contributed by atoms with van der Waals surface area (Å²) in [5.74, 6) is 2.27. The first-order valence-electron chi connectivity index (χ1n) is 8.89. The maximum absolute atomic E-state index is 12.4. The molecule has 0 bridgehead atoms. The van der Waals surface area contributed by atoms with E-state index in [1.54, 1.807) is 30.3 Å². The first kappa shape index (κ1) is 19.8. The second-order valence-electron chi connectivity index (χ2n) is 6.31. The van der Waals surface area contributed by atoms with Crippen molar-refractivity contribution in [1.29, 1.82) is 0 Å². The molecule has 1 amide bonds. The lowest BCUT2D eigenvalue weighted by atomic mass is 10.1. The normalized spacial score (nSPS) is 12.9. The highest BCUT2D eigenvalue weighted by atomic mass is 35.5. The van der Waals surface area contributed by atoms with Crippen LogP contribution in [0, 0.1) is 0 Å². The van der Waals surface area contributed by atoms with E-state index in [0.717, 1.165) is 0 Å². The molecule has 0 aliphatic carbocycles. The molecular weight excluding hydrogens is 414 g/mol. The van der Waals surface area contributed by atoms with Crippen LogP contribution in [0.4, 0.5) is 5.69 Å². The highest BCUT2D eigenvalue weighted by Gasteiger charge is 2.28. The number of ether oxygens (including phenoxy) is 4. The van der Waals surface area contributed by atoms with Crippen molar-refractivity contribution in [3.8, 4) is 34.4 Å². The molecule has 0 unspecified atom stereocenters. The number of amides is 1. The van der Waals surface area contributed by atoms with Crippen LogP contribution in [0.15, 0.2) is 34.9 Å². The van der Waals surface area contributed by atoms with E-state index in [9.17, 15) is 4.79 Å². The smallest absolute Gasteiger partial charge is 0.265 e. The Morgan fingerprint density at radius 2 is 1.83 bits per heavy atom. The maximum Gasteiger partial charge on any atom is 0.265 e. The number of carbonyl (C=O) groups is 1. The van der Waals surface area contributed by atoms with Gasteiger partial charge in [0.25, 0.3) is 5.91 Å². The third kappa shape index (κ3) is 3.59. The van der Waals surface area contributed by atoms with Gasteiger partial charge in [-0.3, -0.25) is 9.69 Å². The molecule has 30 heavy (non-hydrogen) atoms. The van der Waals surface area contributed by atoms with Gasteiger partial charge in [-0.1, -0.05) is 16.8 Å². The fourth-order valence-corrected chi connectivity index (χ4v) is 3.30. The number of aromatic nitrogens is 2. The standard InChI is InChI=1S/C20H18ClN3O6/c1-26-15-6-11(7-16(27-2)19(15)28-3)20-22-17(30-23-20)9-24-13-5-4-12(21)8-14(13)29-10-18(24)25/h4-8H,9-10H2,1-3H3. The number of halogens is 1. The number of carbonyl (C=O) groups excluding carboxylic acids is 1. The summed E-state index contributed by atoms with van der Waals surface area (Å²) in [5, 5.41) is 4.54. The van der Waals surface area contributed by atoms with Gasteiger partial charge in [-0.2, -0.15) is 4.98 Å². The number of hydrogen-bond donors (Lipinski definition) is 0. The lowest BCUT2D eigenvalue weighted by Crippen LogP contribution is -2.38. The van der Waals surface area contributed by atoms with E-state index in [-0.39, 0.29) is 24.9 Å². The van der Waals surface area contributed by atoms with Gasteiger partial charge in [0.2, 0.25) is 17.5 Å². The van der Waals surface area contributed by atoms with Gasteiger partial charge in [-0.05, 0) is 24.3 Å². The quantitative estimate of drug-likeness (QED) is 0.586. The first-order chi connectivity index (χ1) is 14.5. The molecule has 2 heterocycles. The van der Waals surface area contributed by atoms with Crippen LogP contribution in [-0.4, -0.2) is 44.0 Å². The molecule has 4 rings (SSSR count). The number of rotatable bonds is 6. The van der Waals surface area contributed by atoms with Crippen LogP contribution >= 0.6 is 11.6 Å². The molecule has 156 valence electrons. The molecule has 3 aromatic rings. The molecule has 0 N–H and O–H groups in total. The lowest BCUT2D eigenvalue weighted by molar-refractivity contribution is -0.121. The molecule has 0 fully saturated rings. The van der Waals surface area contributed by atoms with E-state index in [4.69, 9.17) is 35.1 Å². The highest BCUT2D eigenvalue weighted by Crippen LogP contribution is 2.41. The summed E-state index contributed by atoms with van der Waals surface area (Å²) in [6.07, 6.45) is 0. The van der Waals surface area contributed by atoms with Crippen LogP contribution < -0.4 is 23.8 Å². The molecule has 1 aliphatic rings. The third-order valence-corrected chi connectivity index (χ3v) is 4.78. The Balaban J connectivity index is 1.64. The molecule has 0 spiro atoms. The van der Waals surface area contributed by atoms with Crippen LogP contribution in [0.25, 0.3) is 11.4 Å². The van der Waals surface area contributed by atoms with Crippen LogP contribution in [0.2, 0.25) is 5.02 Å². The Morgan fingerprint density at radius 1 is 1.10 bits per heavy atom. The summed E-state index contributed by atoms with van der Waals surface area (Å²) in [6, 6.07) is 8.49. The van der Waals surface area contributed by atoms with Gasteiger partial charge in [-0.25, -0.2) is 0 Å². The monoisotopic (exact) mass is 431 g/mol. The summed E-state index contributed by atoms with van der Waals surface area (Å²) in [6.45, 7) is -0.00450. The lowest BCUT2D eigenvalue weighted by Gasteiger charge is -2.28. The molecule has 1 aliphatic heterocycles. The fourth-order valence-electron chi connectivity index (χ4n) is 3.13. The van der Waals surface area contributed by atoms with Crippen LogP contribution in [-0.2, 0) is 11.3 Å². The van der Waals surface area contributed by atoms with Crippen molar-refractivity contribution in [2.24, 2.45) is 0 Å². The maximum atomic E-state index is 12.4. The van der Waals surface area contributed by atoms with Crippen molar-refractivity contribution < 1.29 is 28.3 Å². The number of benzene rings is 2. The molecule has 0 saturated heterocycles. The van der Waals surface area contributed by atoms with E-state index in [1.807, 2.05) is 0 Å². The summed E-state index contributed by atoms with van der Waals surface area (Å²) >= 11 is 6.01. The van der Waals surface area contributed by atoms with Crippen molar-refractivity contribution >= 4 is 23.2 Å². The zero-order chi connectivity index (χ0) is 21.3. The summed E-state index contributed by atoms with van der Waals surface area (Å²) < 4.78 is 26.9. The third-order valence-electron chi connectivity index (χ3n) is 4.55. The molecule has 2 aromatic carbocycles. The highest BCUT2D eigenvalue weighted by molar-refractivity contribution is 6.30. The Labute approximate surface area is 177 Å². The molecule has 0 atom stereocenters. The van der Waals surface area contributed by atoms with Gasteiger partial charge in [0.05, 0.1) is 27.0 Å². The average molecular weight is 432 g/mol. The van der Waals surface area contributed by atoms with E-state index in [0.29, 0.717) is 45.1 Å². The molecule has 10 heteroatoms.